The van der Waals surface area contributed by atoms with Crippen molar-refractivity contribution in [3.63, 3.8) is 0 Å². The fourth-order valence-corrected chi connectivity index (χ4v) is 3.63. The van der Waals surface area contributed by atoms with Gasteiger partial charge in [0.05, 0.1) is 0 Å². The number of nitrogens with one attached hydrogen (secondary N) is 1. The first-order chi connectivity index (χ1) is 9.67. The predicted molar refractivity (Wildman–Crippen MR) is 85.6 cm³/mol. The van der Waals surface area contributed by atoms with E-state index >= 15 is 0 Å². The van der Waals surface area contributed by atoms with Crippen molar-refractivity contribution in [3.05, 3.63) is 69.7 Å². The van der Waals surface area contributed by atoms with Crippen molar-refractivity contribution in [2.75, 3.05) is 7.05 Å². The van der Waals surface area contributed by atoms with E-state index in [4.69, 9.17) is 23.2 Å². The zero-order chi connectivity index (χ0) is 14.2. The minimum atomic E-state index is 0.160. The lowest BCUT2D eigenvalue weighted by Gasteiger charge is -2.28. The van der Waals surface area contributed by atoms with Gasteiger partial charge in [0, 0.05) is 21.5 Å². The molecule has 1 nitrogen and oxygen atoms in total. The fraction of sp³-hybridized carbons (Fsp3) is 0.294. The average Bonchev–Trinajstić information content (AvgIpc) is 3.25. The van der Waals surface area contributed by atoms with Gasteiger partial charge in [0.25, 0.3) is 0 Å². The van der Waals surface area contributed by atoms with Crippen LogP contribution in [0.15, 0.2) is 48.5 Å². The average molecular weight is 306 g/mol. The van der Waals surface area contributed by atoms with Gasteiger partial charge in [0.1, 0.15) is 0 Å². The molecule has 1 aliphatic carbocycles. The summed E-state index contributed by atoms with van der Waals surface area (Å²) >= 11 is 12.4. The maximum Gasteiger partial charge on any atom is 0.0468 e. The molecule has 104 valence electrons. The molecule has 3 rings (SSSR count). The Morgan fingerprint density at radius 3 is 2.30 bits per heavy atom. The van der Waals surface area contributed by atoms with E-state index in [1.165, 1.54) is 18.4 Å². The second-order valence-corrected chi connectivity index (χ2v) is 6.25. The van der Waals surface area contributed by atoms with Crippen LogP contribution in [0.1, 0.15) is 30.0 Å². The van der Waals surface area contributed by atoms with Crippen LogP contribution >= 0.6 is 23.2 Å². The van der Waals surface area contributed by atoms with Crippen LogP contribution in [0.2, 0.25) is 10.0 Å². The van der Waals surface area contributed by atoms with E-state index in [-0.39, 0.29) is 11.5 Å². The van der Waals surface area contributed by atoms with Gasteiger partial charge in [-0.15, -0.1) is 0 Å². The smallest absolute Gasteiger partial charge is 0.0468 e. The molecule has 0 saturated heterocycles. The Balaban J connectivity index is 2.02. The molecule has 0 radical (unpaired) electrons. The molecule has 1 aliphatic rings. The molecule has 0 bridgehead atoms. The summed E-state index contributed by atoms with van der Waals surface area (Å²) < 4.78 is 0. The van der Waals surface area contributed by atoms with Crippen LogP contribution in [-0.4, -0.2) is 7.05 Å². The molecule has 1 N–H and O–H groups in total. The van der Waals surface area contributed by atoms with Crippen molar-refractivity contribution in [3.8, 4) is 0 Å². The Hall–Kier alpha value is -1.02. The third-order valence-corrected chi connectivity index (χ3v) is 4.81. The second kappa shape index (κ2) is 5.40. The summed E-state index contributed by atoms with van der Waals surface area (Å²) in [6.07, 6.45) is 2.36. The summed E-state index contributed by atoms with van der Waals surface area (Å²) in [4.78, 5) is 0. The van der Waals surface area contributed by atoms with Gasteiger partial charge in [-0.2, -0.15) is 0 Å². The summed E-state index contributed by atoms with van der Waals surface area (Å²) in [6, 6.07) is 16.7. The summed E-state index contributed by atoms with van der Waals surface area (Å²) in [5.74, 6) is 0. The standard InChI is InChI=1S/C17H17Cl2N/c1-20-16(14-8-7-13(18)11-15(14)19)17(9-10-17)12-5-3-2-4-6-12/h2-8,11,16,20H,9-10H2,1H3. The Kier molecular flexibility index (Phi) is 3.76. The van der Waals surface area contributed by atoms with Crippen molar-refractivity contribution in [2.45, 2.75) is 24.3 Å². The summed E-state index contributed by atoms with van der Waals surface area (Å²) in [7, 11) is 2.00. The molecule has 0 spiro atoms. The van der Waals surface area contributed by atoms with E-state index in [9.17, 15) is 0 Å². The SMILES string of the molecule is CNC(c1ccc(Cl)cc1Cl)C1(c2ccccc2)CC1. The number of hydrogen-bond acceptors (Lipinski definition) is 1. The van der Waals surface area contributed by atoms with Gasteiger partial charge in [-0.3, -0.25) is 0 Å². The number of rotatable bonds is 4. The van der Waals surface area contributed by atoms with Crippen molar-refractivity contribution in [1.82, 2.24) is 5.32 Å². The summed E-state index contributed by atoms with van der Waals surface area (Å²) in [6.45, 7) is 0. The highest BCUT2D eigenvalue weighted by molar-refractivity contribution is 6.35. The molecule has 0 amide bonds. The second-order valence-electron chi connectivity index (χ2n) is 5.41. The van der Waals surface area contributed by atoms with Gasteiger partial charge in [-0.1, -0.05) is 59.6 Å². The molecule has 0 aliphatic heterocycles. The third-order valence-electron chi connectivity index (χ3n) is 4.25. The van der Waals surface area contributed by atoms with Crippen LogP contribution in [0.4, 0.5) is 0 Å². The van der Waals surface area contributed by atoms with Crippen LogP contribution in [0, 0.1) is 0 Å². The highest BCUT2D eigenvalue weighted by Crippen LogP contribution is 2.57. The van der Waals surface area contributed by atoms with Crippen molar-refractivity contribution < 1.29 is 0 Å². The molecular weight excluding hydrogens is 289 g/mol. The number of benzene rings is 2. The quantitative estimate of drug-likeness (QED) is 0.839. The number of hydrogen-bond donors (Lipinski definition) is 1. The van der Waals surface area contributed by atoms with Gasteiger partial charge in [0.15, 0.2) is 0 Å². The molecule has 2 aromatic rings. The van der Waals surface area contributed by atoms with Gasteiger partial charge < -0.3 is 5.32 Å². The number of likely N-dealkylation sites (N-methyl/N-ethyl adjacent to an activating group) is 1. The van der Waals surface area contributed by atoms with Crippen LogP contribution in [0.5, 0.6) is 0 Å². The van der Waals surface area contributed by atoms with E-state index < -0.39 is 0 Å². The molecule has 0 aromatic heterocycles. The topological polar surface area (TPSA) is 12.0 Å². The highest BCUT2D eigenvalue weighted by atomic mass is 35.5. The molecular formula is C17H17Cl2N. The van der Waals surface area contributed by atoms with Crippen LogP contribution in [0.3, 0.4) is 0 Å². The molecule has 20 heavy (non-hydrogen) atoms. The van der Waals surface area contributed by atoms with Gasteiger partial charge in [0.2, 0.25) is 0 Å². The minimum absolute atomic E-state index is 0.160. The van der Waals surface area contributed by atoms with Gasteiger partial charge in [-0.25, -0.2) is 0 Å². The molecule has 1 saturated carbocycles. The minimum Gasteiger partial charge on any atom is -0.312 e. The first kappa shape index (κ1) is 13.9. The normalized spacial score (nSPS) is 17.8. The van der Waals surface area contributed by atoms with E-state index in [1.807, 2.05) is 25.2 Å². The molecule has 0 heterocycles. The maximum absolute atomic E-state index is 6.40. The number of halogens is 2. The first-order valence-corrected chi connectivity index (χ1v) is 7.61. The zero-order valence-corrected chi connectivity index (χ0v) is 12.9. The lowest BCUT2D eigenvalue weighted by Crippen LogP contribution is -2.29. The lowest BCUT2D eigenvalue weighted by atomic mass is 9.84. The Bertz CT molecular complexity index is 606. The van der Waals surface area contributed by atoms with Crippen molar-refractivity contribution in [1.29, 1.82) is 0 Å². The lowest BCUT2D eigenvalue weighted by molar-refractivity contribution is 0.463. The van der Waals surface area contributed by atoms with E-state index in [1.54, 1.807) is 0 Å². The highest BCUT2D eigenvalue weighted by Gasteiger charge is 2.51. The molecule has 1 atom stereocenters. The molecule has 3 heteroatoms. The zero-order valence-electron chi connectivity index (χ0n) is 11.4. The monoisotopic (exact) mass is 305 g/mol. The molecule has 1 fully saturated rings. The third kappa shape index (κ3) is 2.35. The largest absolute Gasteiger partial charge is 0.312 e. The fourth-order valence-electron chi connectivity index (χ4n) is 3.11. The summed E-state index contributed by atoms with van der Waals surface area (Å²) in [5.41, 5.74) is 2.67. The van der Waals surface area contributed by atoms with Crippen LogP contribution < -0.4 is 5.32 Å². The van der Waals surface area contributed by atoms with Crippen molar-refractivity contribution >= 4 is 23.2 Å². The Morgan fingerprint density at radius 2 is 1.75 bits per heavy atom. The first-order valence-electron chi connectivity index (χ1n) is 6.85. The van der Waals surface area contributed by atoms with E-state index in [0.29, 0.717) is 5.02 Å². The molecule has 1 unspecified atom stereocenters. The Labute approximate surface area is 129 Å². The van der Waals surface area contributed by atoms with Crippen LogP contribution in [-0.2, 0) is 5.41 Å². The van der Waals surface area contributed by atoms with Gasteiger partial charge >= 0.3 is 0 Å². The van der Waals surface area contributed by atoms with Gasteiger partial charge in [-0.05, 0) is 43.1 Å². The Morgan fingerprint density at radius 1 is 1.05 bits per heavy atom. The maximum atomic E-state index is 6.40. The summed E-state index contributed by atoms with van der Waals surface area (Å²) in [5, 5.41) is 4.87. The van der Waals surface area contributed by atoms with Crippen molar-refractivity contribution in [2.24, 2.45) is 0 Å². The predicted octanol–water partition coefficient (Wildman–Crippen LogP) is 4.99. The van der Waals surface area contributed by atoms with Crippen LogP contribution in [0.25, 0.3) is 0 Å². The van der Waals surface area contributed by atoms with E-state index in [0.717, 1.165) is 10.6 Å². The van der Waals surface area contributed by atoms with E-state index in [2.05, 4.69) is 35.6 Å². The molecule has 2 aromatic carbocycles.